The zero-order valence-corrected chi connectivity index (χ0v) is 15.0. The van der Waals surface area contributed by atoms with E-state index in [0.29, 0.717) is 24.5 Å². The summed E-state index contributed by atoms with van der Waals surface area (Å²) in [4.78, 5) is 27.9. The third-order valence-electron chi connectivity index (χ3n) is 3.93. The molecule has 0 aliphatic heterocycles. The highest BCUT2D eigenvalue weighted by Crippen LogP contribution is 2.10. The lowest BCUT2D eigenvalue weighted by Gasteiger charge is -2.09. The van der Waals surface area contributed by atoms with Crippen LogP contribution < -0.4 is 16.0 Å². The number of halogens is 1. The van der Waals surface area contributed by atoms with E-state index < -0.39 is 0 Å². The second-order valence-electron chi connectivity index (χ2n) is 6.03. The molecule has 0 bridgehead atoms. The molecular formula is C21H19FN4O2. The predicted octanol–water partition coefficient (Wildman–Crippen LogP) is 3.47. The molecule has 0 saturated carbocycles. The number of rotatable bonds is 6. The number of anilines is 1. The molecule has 0 fully saturated rings. The van der Waals surface area contributed by atoms with Crippen LogP contribution in [0.15, 0.2) is 72.9 Å². The largest absolute Gasteiger partial charge is 0.347 e. The van der Waals surface area contributed by atoms with Gasteiger partial charge in [-0.3, -0.25) is 9.78 Å². The standard InChI is InChI=1S/C21H19FN4O2/c22-17-8-4-15(5-9-17)14-25-21(28)26-18-10-6-16(7-11-18)13-24-20(27)19-3-1-2-12-23-19/h1-12H,13-14H2,(H,24,27)(H2,25,26,28). The van der Waals surface area contributed by atoms with E-state index in [2.05, 4.69) is 20.9 Å². The van der Waals surface area contributed by atoms with Gasteiger partial charge in [-0.2, -0.15) is 0 Å². The monoisotopic (exact) mass is 378 g/mol. The first-order valence-electron chi connectivity index (χ1n) is 8.67. The van der Waals surface area contributed by atoms with Gasteiger partial charge in [0.15, 0.2) is 0 Å². The highest BCUT2D eigenvalue weighted by molar-refractivity contribution is 5.92. The van der Waals surface area contributed by atoms with Crippen molar-refractivity contribution < 1.29 is 14.0 Å². The minimum atomic E-state index is -0.361. The first-order chi connectivity index (χ1) is 13.6. The van der Waals surface area contributed by atoms with E-state index in [1.807, 2.05) is 12.1 Å². The SMILES string of the molecule is O=C(NCc1ccc(F)cc1)Nc1ccc(CNC(=O)c2ccccn2)cc1. The fraction of sp³-hybridized carbons (Fsp3) is 0.0952. The van der Waals surface area contributed by atoms with Gasteiger partial charge in [-0.25, -0.2) is 9.18 Å². The van der Waals surface area contributed by atoms with Gasteiger partial charge < -0.3 is 16.0 Å². The van der Waals surface area contributed by atoms with Crippen LogP contribution in [0.4, 0.5) is 14.9 Å². The molecule has 3 amide bonds. The molecule has 0 saturated heterocycles. The van der Waals surface area contributed by atoms with Crippen LogP contribution in [0.1, 0.15) is 21.6 Å². The molecule has 0 atom stereocenters. The third kappa shape index (κ3) is 5.63. The first-order valence-corrected chi connectivity index (χ1v) is 8.67. The quantitative estimate of drug-likeness (QED) is 0.614. The maximum atomic E-state index is 12.9. The molecule has 6 nitrogen and oxygen atoms in total. The van der Waals surface area contributed by atoms with Crippen LogP contribution in [0.3, 0.4) is 0 Å². The van der Waals surface area contributed by atoms with Crippen molar-refractivity contribution in [2.24, 2.45) is 0 Å². The van der Waals surface area contributed by atoms with Crippen molar-refractivity contribution >= 4 is 17.6 Å². The van der Waals surface area contributed by atoms with Gasteiger partial charge in [-0.15, -0.1) is 0 Å². The van der Waals surface area contributed by atoms with Crippen LogP contribution in [0.2, 0.25) is 0 Å². The number of pyridine rings is 1. The summed E-state index contributed by atoms with van der Waals surface area (Å²) < 4.78 is 12.9. The first kappa shape index (κ1) is 19.0. The Bertz CT molecular complexity index is 929. The number of hydrogen-bond donors (Lipinski definition) is 3. The van der Waals surface area contributed by atoms with Gasteiger partial charge in [-0.05, 0) is 47.5 Å². The highest BCUT2D eigenvalue weighted by atomic mass is 19.1. The summed E-state index contributed by atoms with van der Waals surface area (Å²) >= 11 is 0. The predicted molar refractivity (Wildman–Crippen MR) is 104 cm³/mol. The molecule has 1 aromatic heterocycles. The molecule has 7 heteroatoms. The van der Waals surface area contributed by atoms with Crippen LogP contribution >= 0.6 is 0 Å². The lowest BCUT2D eigenvalue weighted by molar-refractivity contribution is 0.0946. The molecular weight excluding hydrogens is 359 g/mol. The number of aromatic nitrogens is 1. The van der Waals surface area contributed by atoms with E-state index >= 15 is 0 Å². The van der Waals surface area contributed by atoms with Gasteiger partial charge in [0, 0.05) is 25.0 Å². The minimum absolute atomic E-state index is 0.247. The fourth-order valence-corrected chi connectivity index (χ4v) is 2.44. The Hall–Kier alpha value is -3.74. The molecule has 0 spiro atoms. The molecule has 1 heterocycles. The number of amides is 3. The average Bonchev–Trinajstić information content (AvgIpc) is 2.73. The molecule has 3 rings (SSSR count). The Morgan fingerprint density at radius 3 is 2.11 bits per heavy atom. The number of benzene rings is 2. The van der Waals surface area contributed by atoms with Crippen molar-refractivity contribution in [2.45, 2.75) is 13.1 Å². The van der Waals surface area contributed by atoms with Gasteiger partial charge in [0.1, 0.15) is 11.5 Å². The second kappa shape index (κ2) is 9.27. The van der Waals surface area contributed by atoms with Crippen molar-refractivity contribution in [1.82, 2.24) is 15.6 Å². The maximum absolute atomic E-state index is 12.9. The van der Waals surface area contributed by atoms with E-state index in [-0.39, 0.29) is 17.8 Å². The Kier molecular flexibility index (Phi) is 6.30. The van der Waals surface area contributed by atoms with E-state index in [9.17, 15) is 14.0 Å². The van der Waals surface area contributed by atoms with E-state index in [0.717, 1.165) is 11.1 Å². The van der Waals surface area contributed by atoms with Crippen molar-refractivity contribution in [1.29, 1.82) is 0 Å². The summed E-state index contributed by atoms with van der Waals surface area (Å²) in [5, 5.41) is 8.21. The number of nitrogens with zero attached hydrogens (tertiary/aromatic N) is 1. The Labute approximate surface area is 161 Å². The summed E-state index contributed by atoms with van der Waals surface area (Å²) in [6.07, 6.45) is 1.57. The van der Waals surface area contributed by atoms with Gasteiger partial charge in [0.25, 0.3) is 5.91 Å². The number of urea groups is 1. The van der Waals surface area contributed by atoms with Gasteiger partial charge in [-0.1, -0.05) is 30.3 Å². The zero-order valence-electron chi connectivity index (χ0n) is 15.0. The number of hydrogen-bond acceptors (Lipinski definition) is 3. The summed E-state index contributed by atoms with van der Waals surface area (Å²) in [5.74, 6) is -0.563. The molecule has 142 valence electrons. The fourth-order valence-electron chi connectivity index (χ4n) is 2.44. The van der Waals surface area contributed by atoms with Crippen molar-refractivity contribution in [3.8, 4) is 0 Å². The topological polar surface area (TPSA) is 83.1 Å². The Morgan fingerprint density at radius 2 is 1.46 bits per heavy atom. The summed E-state index contributed by atoms with van der Waals surface area (Å²) in [6, 6.07) is 17.8. The second-order valence-corrected chi connectivity index (χ2v) is 6.03. The summed E-state index contributed by atoms with van der Waals surface area (Å²) in [5.41, 5.74) is 2.67. The molecule has 2 aromatic carbocycles. The van der Waals surface area contributed by atoms with Crippen LogP contribution in [0.25, 0.3) is 0 Å². The van der Waals surface area contributed by atoms with Gasteiger partial charge in [0.2, 0.25) is 0 Å². The average molecular weight is 378 g/mol. The molecule has 28 heavy (non-hydrogen) atoms. The molecule has 0 aliphatic carbocycles. The van der Waals surface area contributed by atoms with Crippen molar-refractivity contribution in [2.75, 3.05) is 5.32 Å². The summed E-state index contributed by atoms with van der Waals surface area (Å²) in [6.45, 7) is 0.649. The molecule has 3 N–H and O–H groups in total. The molecule has 3 aromatic rings. The van der Waals surface area contributed by atoms with Crippen molar-refractivity contribution in [3.63, 3.8) is 0 Å². The number of carbonyl (C=O) groups excluding carboxylic acids is 2. The Balaban J connectivity index is 1.45. The maximum Gasteiger partial charge on any atom is 0.319 e. The molecule has 0 aliphatic rings. The molecule has 0 radical (unpaired) electrons. The van der Waals surface area contributed by atoms with E-state index in [4.69, 9.17) is 0 Å². The highest BCUT2D eigenvalue weighted by Gasteiger charge is 2.06. The lowest BCUT2D eigenvalue weighted by Crippen LogP contribution is -2.28. The van der Waals surface area contributed by atoms with Gasteiger partial charge >= 0.3 is 6.03 Å². The van der Waals surface area contributed by atoms with Crippen LogP contribution in [0.5, 0.6) is 0 Å². The number of nitrogens with one attached hydrogen (secondary N) is 3. The third-order valence-corrected chi connectivity index (χ3v) is 3.93. The zero-order chi connectivity index (χ0) is 19.8. The van der Waals surface area contributed by atoms with Crippen LogP contribution in [-0.4, -0.2) is 16.9 Å². The molecule has 0 unspecified atom stereocenters. The van der Waals surface area contributed by atoms with Crippen LogP contribution in [-0.2, 0) is 13.1 Å². The van der Waals surface area contributed by atoms with E-state index in [1.54, 1.807) is 48.7 Å². The normalized spacial score (nSPS) is 10.2. The summed E-state index contributed by atoms with van der Waals surface area (Å²) in [7, 11) is 0. The van der Waals surface area contributed by atoms with Gasteiger partial charge in [0.05, 0.1) is 0 Å². The van der Waals surface area contributed by atoms with Crippen LogP contribution in [0, 0.1) is 5.82 Å². The van der Waals surface area contributed by atoms with E-state index in [1.165, 1.54) is 12.1 Å². The number of carbonyl (C=O) groups is 2. The lowest BCUT2D eigenvalue weighted by atomic mass is 10.2. The Morgan fingerprint density at radius 1 is 0.821 bits per heavy atom. The smallest absolute Gasteiger partial charge is 0.319 e. The minimum Gasteiger partial charge on any atom is -0.347 e. The van der Waals surface area contributed by atoms with Crippen molar-refractivity contribution in [3.05, 3.63) is 95.6 Å².